The van der Waals surface area contributed by atoms with Gasteiger partial charge in [0.05, 0.1) is 13.2 Å². The Labute approximate surface area is 261 Å². The molecule has 0 heterocycles. The van der Waals surface area contributed by atoms with Crippen LogP contribution >= 0.6 is 0 Å². The van der Waals surface area contributed by atoms with Gasteiger partial charge in [-0.15, -0.1) is 0 Å². The summed E-state index contributed by atoms with van der Waals surface area (Å²) in [4.78, 5) is 60.6. The van der Waals surface area contributed by atoms with E-state index in [0.29, 0.717) is 19.3 Å². The number of methoxy groups -OCH3 is 1. The average molecular weight is 621 g/mol. The summed E-state index contributed by atoms with van der Waals surface area (Å²) in [7, 11) is 1.23. The van der Waals surface area contributed by atoms with E-state index < -0.39 is 17.5 Å². The Hall–Kier alpha value is -2.49. The summed E-state index contributed by atoms with van der Waals surface area (Å²) in [6, 6.07) is 0. The zero-order chi connectivity index (χ0) is 32.6. The zero-order valence-corrected chi connectivity index (χ0v) is 27.5. The highest BCUT2D eigenvalue weighted by Gasteiger charge is 2.67. The number of ether oxygens (including phenoxy) is 4. The van der Waals surface area contributed by atoms with Crippen LogP contribution in [0.1, 0.15) is 106 Å². The van der Waals surface area contributed by atoms with Gasteiger partial charge in [-0.3, -0.25) is 24.0 Å². The number of carbonyl (C=O) groups excluding carboxylic acids is 5. The predicted octanol–water partition coefficient (Wildman–Crippen LogP) is 4.57. The Morgan fingerprint density at radius 1 is 0.864 bits per heavy atom. The SMILES string of the molecule is COC(=O)CC(=O)CC(O)C[C@@H](C)[C@H]1CC[C@H]2[C@@H]3[C@H](OC(C)=O)C[C@@H]4C[C@H](OC(C)=O)CC[C@]4(C)[C@H]3C[C@H](OC(C)=O)[C@]12C. The Balaban J connectivity index is 1.62. The molecule has 4 saturated carbocycles. The van der Waals surface area contributed by atoms with Gasteiger partial charge in [0.25, 0.3) is 0 Å². The highest BCUT2D eigenvalue weighted by molar-refractivity contribution is 5.95. The van der Waals surface area contributed by atoms with Crippen molar-refractivity contribution in [1.82, 2.24) is 0 Å². The van der Waals surface area contributed by atoms with Crippen molar-refractivity contribution in [3.8, 4) is 0 Å². The fourth-order valence-electron chi connectivity index (χ4n) is 10.4. The Kier molecular flexibility index (Phi) is 10.5. The van der Waals surface area contributed by atoms with E-state index in [9.17, 15) is 29.1 Å². The number of hydrogen-bond donors (Lipinski definition) is 1. The largest absolute Gasteiger partial charge is 0.469 e. The lowest BCUT2D eigenvalue weighted by Crippen LogP contribution is -2.63. The van der Waals surface area contributed by atoms with Crippen LogP contribution in [0.2, 0.25) is 0 Å². The van der Waals surface area contributed by atoms with Crippen molar-refractivity contribution in [3.05, 3.63) is 0 Å². The van der Waals surface area contributed by atoms with Gasteiger partial charge in [0.1, 0.15) is 30.5 Å². The van der Waals surface area contributed by atoms with Crippen molar-refractivity contribution in [2.24, 2.45) is 46.3 Å². The summed E-state index contributed by atoms with van der Waals surface area (Å²) in [5.74, 6) is -1.21. The van der Waals surface area contributed by atoms with Crippen LogP contribution < -0.4 is 0 Å². The fourth-order valence-corrected chi connectivity index (χ4v) is 10.4. The average Bonchev–Trinajstić information content (AvgIpc) is 3.27. The first kappa shape index (κ1) is 34.4. The minimum Gasteiger partial charge on any atom is -0.469 e. The van der Waals surface area contributed by atoms with Crippen molar-refractivity contribution < 1.29 is 48.0 Å². The summed E-state index contributed by atoms with van der Waals surface area (Å²) < 4.78 is 22.5. The van der Waals surface area contributed by atoms with Crippen LogP contribution in [-0.4, -0.2) is 66.3 Å². The van der Waals surface area contributed by atoms with Crippen molar-refractivity contribution in [1.29, 1.82) is 0 Å². The number of ketones is 1. The third-order valence-corrected chi connectivity index (χ3v) is 12.1. The molecule has 10 heteroatoms. The number of Topliss-reactive ketones (excluding diaryl/α,β-unsaturated/α-hetero) is 1. The van der Waals surface area contributed by atoms with Crippen LogP contribution in [0.3, 0.4) is 0 Å². The summed E-state index contributed by atoms with van der Waals surface area (Å²) in [5.41, 5.74) is -0.504. The van der Waals surface area contributed by atoms with Gasteiger partial charge in [0.2, 0.25) is 0 Å². The zero-order valence-electron chi connectivity index (χ0n) is 27.5. The molecule has 0 radical (unpaired) electrons. The lowest BCUT2D eigenvalue weighted by molar-refractivity contribution is -0.224. The normalized spacial score (nSPS) is 39.0. The van der Waals surface area contributed by atoms with Gasteiger partial charge in [-0.2, -0.15) is 0 Å². The monoisotopic (exact) mass is 620 g/mol. The standard InChI is InChI=1S/C34H52O10/c1-18(12-23(38)15-24(39)16-31(40)41-7)26-8-9-27-32-28(17-30(34(26,27)6)44-21(4)37)33(5)11-10-25(42-19(2)35)13-22(33)14-29(32)43-20(3)36/h18,22-23,25-30,32,38H,8-17H2,1-7H3/t18-,22+,23?,25-,26-,27+,28+,29-,30+,32+,33+,34-/m1/s1. The topological polar surface area (TPSA) is 143 Å². The summed E-state index contributed by atoms with van der Waals surface area (Å²) in [6.07, 6.45) is 3.72. The summed E-state index contributed by atoms with van der Waals surface area (Å²) >= 11 is 0. The highest BCUT2D eigenvalue weighted by Crippen LogP contribution is 2.69. The van der Waals surface area contributed by atoms with E-state index in [4.69, 9.17) is 14.2 Å². The van der Waals surface area contributed by atoms with E-state index in [1.165, 1.54) is 27.9 Å². The van der Waals surface area contributed by atoms with Gasteiger partial charge in [-0.05, 0) is 86.4 Å². The second-order valence-electron chi connectivity index (χ2n) is 14.6. The van der Waals surface area contributed by atoms with Crippen LogP contribution in [-0.2, 0) is 42.9 Å². The number of aliphatic hydroxyl groups is 1. The number of carbonyl (C=O) groups is 5. The second-order valence-corrected chi connectivity index (χ2v) is 14.6. The molecular weight excluding hydrogens is 568 g/mol. The molecule has 12 atom stereocenters. The summed E-state index contributed by atoms with van der Waals surface area (Å²) in [5, 5.41) is 10.8. The van der Waals surface area contributed by atoms with Gasteiger partial charge in [0, 0.05) is 38.5 Å². The van der Waals surface area contributed by atoms with Crippen molar-refractivity contribution in [3.63, 3.8) is 0 Å². The molecule has 4 fully saturated rings. The number of hydrogen-bond acceptors (Lipinski definition) is 10. The van der Waals surface area contributed by atoms with Crippen molar-refractivity contribution in [2.75, 3.05) is 7.11 Å². The number of rotatable bonds is 10. The molecule has 1 unspecified atom stereocenters. The van der Waals surface area contributed by atoms with Crippen LogP contribution in [0.25, 0.3) is 0 Å². The fraction of sp³-hybridized carbons (Fsp3) is 0.853. The summed E-state index contributed by atoms with van der Waals surface area (Å²) in [6.45, 7) is 11.0. The molecule has 4 aliphatic carbocycles. The van der Waals surface area contributed by atoms with Gasteiger partial charge < -0.3 is 24.1 Å². The maximum Gasteiger partial charge on any atom is 0.313 e. The Morgan fingerprint density at radius 2 is 1.52 bits per heavy atom. The second kappa shape index (κ2) is 13.5. The number of esters is 4. The first-order chi connectivity index (χ1) is 20.6. The van der Waals surface area contributed by atoms with Crippen molar-refractivity contribution in [2.45, 2.75) is 130 Å². The first-order valence-electron chi connectivity index (χ1n) is 16.4. The van der Waals surface area contributed by atoms with Crippen LogP contribution in [0, 0.1) is 46.3 Å². The molecule has 0 bridgehead atoms. The van der Waals surface area contributed by atoms with Crippen LogP contribution in [0.15, 0.2) is 0 Å². The van der Waals surface area contributed by atoms with E-state index >= 15 is 0 Å². The molecule has 0 saturated heterocycles. The van der Waals surface area contributed by atoms with E-state index in [1.54, 1.807) is 0 Å². The molecule has 0 aromatic carbocycles. The molecular formula is C34H52O10. The van der Waals surface area contributed by atoms with Gasteiger partial charge in [-0.1, -0.05) is 20.8 Å². The molecule has 10 nitrogen and oxygen atoms in total. The van der Waals surface area contributed by atoms with E-state index in [1.807, 2.05) is 0 Å². The molecule has 0 aromatic rings. The minimum atomic E-state index is -0.899. The van der Waals surface area contributed by atoms with E-state index in [-0.39, 0.29) is 95.8 Å². The first-order valence-corrected chi connectivity index (χ1v) is 16.4. The number of fused-ring (bicyclic) bond motifs is 5. The Morgan fingerprint density at radius 3 is 2.14 bits per heavy atom. The maximum atomic E-state index is 12.6. The third-order valence-electron chi connectivity index (χ3n) is 12.1. The molecule has 4 aliphatic rings. The van der Waals surface area contributed by atoms with E-state index in [2.05, 4.69) is 25.5 Å². The minimum absolute atomic E-state index is 0.0128. The third kappa shape index (κ3) is 6.85. The molecule has 4 rings (SSSR count). The molecule has 0 spiro atoms. The molecule has 0 aromatic heterocycles. The maximum absolute atomic E-state index is 12.6. The smallest absolute Gasteiger partial charge is 0.313 e. The quantitative estimate of drug-likeness (QED) is 0.210. The van der Waals surface area contributed by atoms with Gasteiger partial charge in [-0.25, -0.2) is 0 Å². The van der Waals surface area contributed by atoms with Crippen LogP contribution in [0.4, 0.5) is 0 Å². The van der Waals surface area contributed by atoms with Crippen molar-refractivity contribution >= 4 is 29.7 Å². The van der Waals surface area contributed by atoms with Gasteiger partial charge in [0.15, 0.2) is 0 Å². The molecule has 1 N–H and O–H groups in total. The van der Waals surface area contributed by atoms with E-state index in [0.717, 1.165) is 32.1 Å². The Bertz CT molecular complexity index is 1120. The van der Waals surface area contributed by atoms with Gasteiger partial charge >= 0.3 is 23.9 Å². The molecule has 248 valence electrons. The van der Waals surface area contributed by atoms with Crippen LogP contribution in [0.5, 0.6) is 0 Å². The molecule has 44 heavy (non-hydrogen) atoms. The number of aliphatic hydroxyl groups excluding tert-OH is 1. The molecule has 0 amide bonds. The highest BCUT2D eigenvalue weighted by atomic mass is 16.6. The molecule has 0 aliphatic heterocycles. The lowest BCUT2D eigenvalue weighted by Gasteiger charge is -2.64. The predicted molar refractivity (Wildman–Crippen MR) is 159 cm³/mol. The lowest BCUT2D eigenvalue weighted by atomic mass is 9.43.